The predicted molar refractivity (Wildman–Crippen MR) is 95.6 cm³/mol. The summed E-state index contributed by atoms with van der Waals surface area (Å²) in [5, 5.41) is 0. The summed E-state index contributed by atoms with van der Waals surface area (Å²) in [5.41, 5.74) is 1.09. The van der Waals surface area contributed by atoms with Crippen molar-refractivity contribution in [3.63, 3.8) is 0 Å². The van der Waals surface area contributed by atoms with Crippen LogP contribution in [0.15, 0.2) is 40.6 Å². The molecule has 0 bridgehead atoms. The first-order chi connectivity index (χ1) is 11.2. The summed E-state index contributed by atoms with van der Waals surface area (Å²) in [4.78, 5) is 0. The number of nitrogens with one attached hydrogen (secondary N) is 1. The maximum atomic E-state index is 12.4. The van der Waals surface area contributed by atoms with Crippen molar-refractivity contribution in [2.24, 2.45) is 0 Å². The van der Waals surface area contributed by atoms with Gasteiger partial charge in [0.25, 0.3) is 0 Å². The lowest BCUT2D eigenvalue weighted by atomic mass is 10.2. The second-order valence-electron chi connectivity index (χ2n) is 4.99. The van der Waals surface area contributed by atoms with E-state index in [1.165, 1.54) is 27.8 Å². The van der Waals surface area contributed by atoms with E-state index in [0.717, 1.165) is 11.3 Å². The van der Waals surface area contributed by atoms with E-state index in [9.17, 15) is 16.8 Å². The number of nitrogens with zero attached hydrogens (tertiary/aromatic N) is 2. The highest BCUT2D eigenvalue weighted by molar-refractivity contribution is 7.94. The lowest BCUT2D eigenvalue weighted by Gasteiger charge is -2.19. The van der Waals surface area contributed by atoms with Gasteiger partial charge < -0.3 is 0 Å². The number of rotatable bonds is 5. The third-order valence-electron chi connectivity index (χ3n) is 3.53. The molecule has 0 saturated heterocycles. The van der Waals surface area contributed by atoms with Crippen molar-refractivity contribution >= 4 is 54.5 Å². The van der Waals surface area contributed by atoms with Gasteiger partial charge in [-0.05, 0) is 24.3 Å². The summed E-state index contributed by atoms with van der Waals surface area (Å²) in [6.45, 7) is -0.0682. The highest BCUT2D eigenvalue weighted by atomic mass is 35.5. The number of thiophene rings is 1. The molecule has 1 aliphatic heterocycles. The number of benzene rings is 1. The van der Waals surface area contributed by atoms with Gasteiger partial charge in [-0.1, -0.05) is 23.7 Å². The van der Waals surface area contributed by atoms with Crippen LogP contribution in [0.4, 0.5) is 11.4 Å². The molecule has 1 aromatic heterocycles. The average molecular weight is 408 g/mol. The van der Waals surface area contributed by atoms with Crippen molar-refractivity contribution in [2.75, 3.05) is 28.7 Å². The second kappa shape index (κ2) is 6.19. The molecule has 7 nitrogen and oxygen atoms in total. The molecule has 1 aromatic carbocycles. The Balaban J connectivity index is 1.75. The minimum atomic E-state index is -3.71. The molecule has 0 fully saturated rings. The standard InChI is InChI=1S/C13H14ClN3O4S3/c1-16-10-4-2-3-5-11(10)17(24(16,20)21)9-8-15-23(18,19)13-7-6-12(14)22-13/h2-7,15H,8-9H2,1H3. The molecular formula is C13H14ClN3O4S3. The Hall–Kier alpha value is -1.33. The van der Waals surface area contributed by atoms with Gasteiger partial charge in [-0.15, -0.1) is 11.3 Å². The molecule has 130 valence electrons. The second-order valence-corrected chi connectivity index (χ2v) is 10.6. The monoisotopic (exact) mass is 407 g/mol. The van der Waals surface area contributed by atoms with Crippen LogP contribution in [0.2, 0.25) is 4.34 Å². The highest BCUT2D eigenvalue weighted by Crippen LogP contribution is 2.39. The van der Waals surface area contributed by atoms with Gasteiger partial charge in [0.1, 0.15) is 4.21 Å². The third kappa shape index (κ3) is 3.00. The molecular weight excluding hydrogens is 394 g/mol. The zero-order valence-corrected chi connectivity index (χ0v) is 15.7. The number of hydrogen-bond donors (Lipinski definition) is 1. The lowest BCUT2D eigenvalue weighted by Crippen LogP contribution is -2.40. The molecule has 3 rings (SSSR count). The van der Waals surface area contributed by atoms with Gasteiger partial charge in [-0.2, -0.15) is 8.42 Å². The summed E-state index contributed by atoms with van der Waals surface area (Å²) in [5.74, 6) is 0. The minimum absolute atomic E-state index is 0.0119. The van der Waals surface area contributed by atoms with Crippen LogP contribution < -0.4 is 13.3 Å². The number of sulfonamides is 1. The van der Waals surface area contributed by atoms with Crippen molar-refractivity contribution < 1.29 is 16.8 Å². The molecule has 0 radical (unpaired) electrons. The van der Waals surface area contributed by atoms with Gasteiger partial charge >= 0.3 is 10.2 Å². The molecule has 11 heteroatoms. The number of halogens is 1. The zero-order valence-electron chi connectivity index (χ0n) is 12.5. The molecule has 24 heavy (non-hydrogen) atoms. The van der Waals surface area contributed by atoms with Crippen molar-refractivity contribution in [2.45, 2.75) is 4.21 Å². The fourth-order valence-electron chi connectivity index (χ4n) is 2.37. The molecule has 0 amide bonds. The van der Waals surface area contributed by atoms with Gasteiger partial charge in [0.15, 0.2) is 0 Å². The van der Waals surface area contributed by atoms with Crippen LogP contribution in [0.1, 0.15) is 0 Å². The van der Waals surface area contributed by atoms with Crippen molar-refractivity contribution in [1.29, 1.82) is 0 Å². The Morgan fingerprint density at radius 1 is 1.17 bits per heavy atom. The average Bonchev–Trinajstić information content (AvgIpc) is 3.04. The summed E-state index contributed by atoms with van der Waals surface area (Å²) in [6.07, 6.45) is 0. The summed E-state index contributed by atoms with van der Waals surface area (Å²) >= 11 is 6.69. The molecule has 1 aliphatic rings. The Kier molecular flexibility index (Phi) is 4.51. The number of hydrogen-bond acceptors (Lipinski definition) is 5. The fourth-order valence-corrected chi connectivity index (χ4v) is 6.34. The summed E-state index contributed by atoms with van der Waals surface area (Å²) in [7, 11) is -5.94. The Morgan fingerprint density at radius 2 is 1.83 bits per heavy atom. The van der Waals surface area contributed by atoms with Gasteiger partial charge in [0.2, 0.25) is 10.0 Å². The van der Waals surface area contributed by atoms with Crippen molar-refractivity contribution in [1.82, 2.24) is 4.72 Å². The van der Waals surface area contributed by atoms with Crippen LogP contribution in [0.3, 0.4) is 0 Å². The van der Waals surface area contributed by atoms with Crippen LogP contribution in [0.25, 0.3) is 0 Å². The Morgan fingerprint density at radius 3 is 2.46 bits per heavy atom. The van der Waals surface area contributed by atoms with E-state index in [1.807, 2.05) is 0 Å². The zero-order chi connectivity index (χ0) is 17.5. The first kappa shape index (κ1) is 17.5. The molecule has 0 unspecified atom stereocenters. The van der Waals surface area contributed by atoms with Crippen LogP contribution in [-0.4, -0.2) is 37.0 Å². The van der Waals surface area contributed by atoms with E-state index >= 15 is 0 Å². The van der Waals surface area contributed by atoms with Crippen molar-refractivity contribution in [3.05, 3.63) is 40.7 Å². The van der Waals surface area contributed by atoms with Gasteiger partial charge in [-0.25, -0.2) is 17.4 Å². The third-order valence-corrected chi connectivity index (χ3v) is 8.54. The quantitative estimate of drug-likeness (QED) is 0.819. The largest absolute Gasteiger partial charge is 0.326 e. The SMILES string of the molecule is CN1c2ccccc2N(CCNS(=O)(=O)c2ccc(Cl)s2)S1(=O)=O. The molecule has 0 saturated carbocycles. The lowest BCUT2D eigenvalue weighted by molar-refractivity contribution is 0.579. The van der Waals surface area contributed by atoms with E-state index in [-0.39, 0.29) is 17.3 Å². The van der Waals surface area contributed by atoms with Gasteiger partial charge in [0, 0.05) is 20.1 Å². The van der Waals surface area contributed by atoms with E-state index in [4.69, 9.17) is 11.6 Å². The fraction of sp³-hybridized carbons (Fsp3) is 0.231. The van der Waals surface area contributed by atoms with E-state index in [0.29, 0.717) is 15.7 Å². The molecule has 0 spiro atoms. The summed E-state index contributed by atoms with van der Waals surface area (Å²) in [6, 6.07) is 9.77. The van der Waals surface area contributed by atoms with Crippen LogP contribution in [0.5, 0.6) is 0 Å². The van der Waals surface area contributed by atoms with Crippen LogP contribution in [0, 0.1) is 0 Å². The molecule has 2 aromatic rings. The van der Waals surface area contributed by atoms with E-state index < -0.39 is 20.2 Å². The van der Waals surface area contributed by atoms with Crippen LogP contribution in [-0.2, 0) is 20.2 Å². The number of fused-ring (bicyclic) bond motifs is 1. The predicted octanol–water partition coefficient (Wildman–Crippen LogP) is 1.88. The molecule has 0 aliphatic carbocycles. The van der Waals surface area contributed by atoms with E-state index in [2.05, 4.69) is 4.72 Å². The van der Waals surface area contributed by atoms with Crippen molar-refractivity contribution in [3.8, 4) is 0 Å². The first-order valence-electron chi connectivity index (χ1n) is 6.84. The van der Waals surface area contributed by atoms with Gasteiger partial charge in [-0.3, -0.25) is 4.31 Å². The van der Waals surface area contributed by atoms with Crippen LogP contribution >= 0.6 is 22.9 Å². The first-order valence-corrected chi connectivity index (χ1v) is 10.9. The Bertz CT molecular complexity index is 972. The molecule has 2 heterocycles. The highest BCUT2D eigenvalue weighted by Gasteiger charge is 2.37. The maximum absolute atomic E-state index is 12.4. The van der Waals surface area contributed by atoms with Gasteiger partial charge in [0.05, 0.1) is 15.7 Å². The smallest absolute Gasteiger partial charge is 0.254 e. The minimum Gasteiger partial charge on any atom is -0.254 e. The molecule has 1 N–H and O–H groups in total. The Labute approximate surface area is 149 Å². The topological polar surface area (TPSA) is 86.8 Å². The normalized spacial score (nSPS) is 16.4. The number of para-hydroxylation sites is 2. The maximum Gasteiger partial charge on any atom is 0.326 e. The summed E-state index contributed by atoms with van der Waals surface area (Å²) < 4.78 is 54.4. The number of anilines is 2. The van der Waals surface area contributed by atoms with E-state index in [1.54, 1.807) is 24.3 Å². The molecule has 0 atom stereocenters.